The quantitative estimate of drug-likeness (QED) is 0.334. The Morgan fingerprint density at radius 1 is 1.56 bits per heavy atom. The highest BCUT2D eigenvalue weighted by molar-refractivity contribution is 7.83. The van der Waals surface area contributed by atoms with Gasteiger partial charge in [0.05, 0.1) is 0 Å². The van der Waals surface area contributed by atoms with Crippen molar-refractivity contribution in [3.63, 3.8) is 0 Å². The molecule has 0 aliphatic rings. The van der Waals surface area contributed by atoms with Crippen molar-refractivity contribution in [1.29, 1.82) is 0 Å². The number of aliphatic hydroxyl groups is 1. The van der Waals surface area contributed by atoms with Crippen LogP contribution in [0.2, 0.25) is 0 Å². The average Bonchev–Trinajstić information content (AvgIpc) is 1.27. The van der Waals surface area contributed by atoms with Crippen molar-refractivity contribution in [2.24, 2.45) is 5.14 Å². The number of rotatable bonds is 0. The maximum absolute atomic E-state index is 8.97. The van der Waals surface area contributed by atoms with Crippen LogP contribution in [-0.2, 0) is 10.3 Å². The van der Waals surface area contributed by atoms with Crippen LogP contribution in [0.5, 0.6) is 0 Å². The largest absolute Gasteiger partial charge is 0.397 e. The maximum atomic E-state index is 8.97. The molecule has 0 fully saturated rings. The first-order valence-electron chi connectivity index (χ1n) is 1.77. The Labute approximate surface area is 54.1 Å². The fraction of sp³-hybridized carbons (Fsp3) is 1.00. The lowest BCUT2D eigenvalue weighted by atomic mass is 10.9. The molecular weight excluding hydrogens is 148 g/mol. The van der Waals surface area contributed by atoms with E-state index >= 15 is 0 Å². The van der Waals surface area contributed by atoms with Crippen LogP contribution < -0.4 is 11.3 Å². The van der Waals surface area contributed by atoms with Crippen LogP contribution in [0.4, 0.5) is 0 Å². The molecule has 0 bridgehead atoms. The SMILES string of the molecule is CCO.N.NS(=O)(=O)O. The molecule has 9 heavy (non-hydrogen) atoms. The second kappa shape index (κ2) is 7.79. The zero-order valence-corrected chi connectivity index (χ0v) is 5.93. The van der Waals surface area contributed by atoms with Crippen molar-refractivity contribution >= 4 is 10.3 Å². The van der Waals surface area contributed by atoms with E-state index in [9.17, 15) is 0 Å². The summed E-state index contributed by atoms with van der Waals surface area (Å²) in [5, 5.41) is 11.5. The molecule has 0 saturated heterocycles. The Morgan fingerprint density at radius 3 is 1.56 bits per heavy atom. The van der Waals surface area contributed by atoms with Crippen LogP contribution in [0.25, 0.3) is 0 Å². The minimum absolute atomic E-state index is 0. The first kappa shape index (κ1) is 15.9. The molecule has 0 aromatic carbocycles. The van der Waals surface area contributed by atoms with Crippen LogP contribution in [-0.4, -0.2) is 24.7 Å². The Hall–Kier alpha value is -0.210. The van der Waals surface area contributed by atoms with Crippen LogP contribution in [0, 0.1) is 0 Å². The third kappa shape index (κ3) is 5920. The molecule has 0 amide bonds. The van der Waals surface area contributed by atoms with Crippen LogP contribution in [0.3, 0.4) is 0 Å². The van der Waals surface area contributed by atoms with Crippen LogP contribution in [0.1, 0.15) is 6.92 Å². The molecule has 0 heterocycles. The molecule has 0 radical (unpaired) electrons. The van der Waals surface area contributed by atoms with Crippen molar-refractivity contribution in [2.45, 2.75) is 6.92 Å². The average molecular weight is 160 g/mol. The molecule has 0 aromatic rings. The predicted molar refractivity (Wildman–Crippen MR) is 33.5 cm³/mol. The summed E-state index contributed by atoms with van der Waals surface area (Å²) < 4.78 is 25.2. The standard InChI is InChI=1S/C2H6O.H3NO3S.H3N/c1-2-3;1-5(2,3)4;/h3H,2H2,1H3;(H3,1,2,3,4);1H3. The van der Waals surface area contributed by atoms with E-state index in [1.54, 1.807) is 6.92 Å². The van der Waals surface area contributed by atoms with Gasteiger partial charge in [-0.3, -0.25) is 4.55 Å². The summed E-state index contributed by atoms with van der Waals surface area (Å²) in [5.41, 5.74) is 0. The van der Waals surface area contributed by atoms with Gasteiger partial charge in [-0.15, -0.1) is 0 Å². The Morgan fingerprint density at radius 2 is 1.56 bits per heavy atom. The predicted octanol–water partition coefficient (Wildman–Crippen LogP) is -1.09. The van der Waals surface area contributed by atoms with Gasteiger partial charge in [0.1, 0.15) is 0 Å². The van der Waals surface area contributed by atoms with Gasteiger partial charge in [-0.1, -0.05) is 0 Å². The van der Waals surface area contributed by atoms with Crippen molar-refractivity contribution < 1.29 is 18.1 Å². The highest BCUT2D eigenvalue weighted by Crippen LogP contribution is 1.50. The van der Waals surface area contributed by atoms with Gasteiger partial charge in [0.2, 0.25) is 0 Å². The molecule has 0 atom stereocenters. The molecule has 0 rings (SSSR count). The summed E-state index contributed by atoms with van der Waals surface area (Å²) in [6.45, 7) is 1.93. The summed E-state index contributed by atoms with van der Waals surface area (Å²) in [7, 11) is -4.17. The van der Waals surface area contributed by atoms with Crippen molar-refractivity contribution in [3.8, 4) is 0 Å². The third-order valence-electron chi connectivity index (χ3n) is 0. The van der Waals surface area contributed by atoms with E-state index in [4.69, 9.17) is 18.1 Å². The summed E-state index contributed by atoms with van der Waals surface area (Å²) in [6, 6.07) is 0. The number of hydrogen-bond donors (Lipinski definition) is 4. The normalized spacial score (nSPS) is 8.44. The lowest BCUT2D eigenvalue weighted by Crippen LogP contribution is -2.08. The fourth-order valence-corrected chi connectivity index (χ4v) is 0. The van der Waals surface area contributed by atoms with E-state index in [0.29, 0.717) is 0 Å². The molecule has 0 spiro atoms. The molecule has 6 nitrogen and oxygen atoms in total. The first-order chi connectivity index (χ1) is 3.41. The van der Waals surface area contributed by atoms with E-state index in [1.165, 1.54) is 0 Å². The van der Waals surface area contributed by atoms with Gasteiger partial charge in [0.15, 0.2) is 0 Å². The van der Waals surface area contributed by atoms with Gasteiger partial charge in [-0.25, -0.2) is 5.14 Å². The third-order valence-corrected chi connectivity index (χ3v) is 0. The fourth-order valence-electron chi connectivity index (χ4n) is 0. The summed E-state index contributed by atoms with van der Waals surface area (Å²) in [4.78, 5) is 0. The smallest absolute Gasteiger partial charge is 0.330 e. The second-order valence-electron chi connectivity index (χ2n) is 0.831. The molecule has 0 unspecified atom stereocenters. The van der Waals surface area contributed by atoms with Crippen molar-refractivity contribution in [3.05, 3.63) is 0 Å². The van der Waals surface area contributed by atoms with E-state index in [1.807, 2.05) is 0 Å². The summed E-state index contributed by atoms with van der Waals surface area (Å²) in [6.07, 6.45) is 0. The summed E-state index contributed by atoms with van der Waals surface area (Å²) in [5.74, 6) is 0. The molecule has 0 aromatic heterocycles. The zero-order valence-electron chi connectivity index (χ0n) is 5.11. The van der Waals surface area contributed by atoms with Crippen molar-refractivity contribution in [1.82, 2.24) is 6.15 Å². The van der Waals surface area contributed by atoms with Crippen molar-refractivity contribution in [2.75, 3.05) is 6.61 Å². The highest BCUT2D eigenvalue weighted by Gasteiger charge is 1.81. The number of hydrogen-bond acceptors (Lipinski definition) is 4. The van der Waals surface area contributed by atoms with E-state index < -0.39 is 10.3 Å². The van der Waals surface area contributed by atoms with Crippen LogP contribution >= 0.6 is 0 Å². The molecule has 7 N–H and O–H groups in total. The lowest BCUT2D eigenvalue weighted by molar-refractivity contribution is 0.318. The van der Waals surface area contributed by atoms with Gasteiger partial charge in [0, 0.05) is 6.61 Å². The minimum atomic E-state index is -4.17. The molecule has 7 heteroatoms. The lowest BCUT2D eigenvalue weighted by Gasteiger charge is -1.70. The van der Waals surface area contributed by atoms with Gasteiger partial charge in [-0.05, 0) is 6.92 Å². The monoisotopic (exact) mass is 160 g/mol. The van der Waals surface area contributed by atoms with E-state index in [0.717, 1.165) is 0 Å². The Kier molecular flexibility index (Phi) is 13.8. The van der Waals surface area contributed by atoms with Gasteiger partial charge < -0.3 is 11.3 Å². The zero-order chi connectivity index (χ0) is 7.21. The van der Waals surface area contributed by atoms with Gasteiger partial charge in [-0.2, -0.15) is 8.42 Å². The molecule has 0 saturated carbocycles. The van der Waals surface area contributed by atoms with E-state index in [2.05, 4.69) is 5.14 Å². The highest BCUT2D eigenvalue weighted by atomic mass is 32.2. The molecular formula is C2H12N2O4S. The Bertz CT molecular complexity index is 111. The number of aliphatic hydroxyl groups excluding tert-OH is 1. The Balaban J connectivity index is -0.0000000800. The minimum Gasteiger partial charge on any atom is -0.397 e. The molecule has 60 valence electrons. The topological polar surface area (TPSA) is 136 Å². The van der Waals surface area contributed by atoms with Gasteiger partial charge >= 0.3 is 10.3 Å². The number of nitrogens with two attached hydrogens (primary N) is 1. The van der Waals surface area contributed by atoms with Crippen LogP contribution in [0.15, 0.2) is 0 Å². The van der Waals surface area contributed by atoms with E-state index in [-0.39, 0.29) is 12.8 Å². The van der Waals surface area contributed by atoms with Gasteiger partial charge in [0.25, 0.3) is 0 Å². The molecule has 0 aliphatic heterocycles. The molecule has 0 aliphatic carbocycles. The first-order valence-corrected chi connectivity index (χ1v) is 3.28. The maximum Gasteiger partial charge on any atom is 0.330 e. The summed E-state index contributed by atoms with van der Waals surface area (Å²) >= 11 is 0. The second-order valence-corrected chi connectivity index (χ2v) is 1.86.